The molecule has 0 bridgehead atoms. The topological polar surface area (TPSA) is 123 Å². The number of hydrogen-bond donors (Lipinski definition) is 4. The number of carbonyl (C=O) groups is 2. The Morgan fingerprint density at radius 3 is 2.75 bits per heavy atom. The second-order valence-corrected chi connectivity index (χ2v) is 13.4. The van der Waals surface area contributed by atoms with Crippen molar-refractivity contribution in [3.05, 3.63) is 60.0 Å². The van der Waals surface area contributed by atoms with Gasteiger partial charge >= 0.3 is 0 Å². The van der Waals surface area contributed by atoms with Crippen LogP contribution in [0.15, 0.2) is 48.8 Å². The Balaban J connectivity index is 1.16. The lowest BCUT2D eigenvalue weighted by atomic mass is 9.88. The van der Waals surface area contributed by atoms with Gasteiger partial charge in [-0.3, -0.25) is 19.5 Å². The first-order valence-corrected chi connectivity index (χ1v) is 16.0. The maximum atomic E-state index is 13.7. The van der Waals surface area contributed by atoms with E-state index < -0.39 is 12.3 Å². The molecule has 2 amide bonds. The van der Waals surface area contributed by atoms with Crippen molar-refractivity contribution in [1.82, 2.24) is 30.4 Å². The number of hydrogen-bond acceptors (Lipinski definition) is 7. The number of fused-ring (bicyclic) bond motifs is 1. The number of aromatic nitrogens is 2. The molecule has 44 heavy (non-hydrogen) atoms. The van der Waals surface area contributed by atoms with Gasteiger partial charge in [-0.2, -0.15) is 0 Å². The number of ether oxygens (including phenoxy) is 1. The van der Waals surface area contributed by atoms with E-state index in [4.69, 9.17) is 4.74 Å². The third-order valence-corrected chi connectivity index (χ3v) is 10.00. The van der Waals surface area contributed by atoms with Crippen molar-refractivity contribution in [2.24, 2.45) is 11.8 Å². The summed E-state index contributed by atoms with van der Waals surface area (Å²) in [5.41, 5.74) is 2.94. The molecule has 3 saturated heterocycles. The van der Waals surface area contributed by atoms with Gasteiger partial charge in [0.05, 0.1) is 19.7 Å². The summed E-state index contributed by atoms with van der Waals surface area (Å²) in [5.74, 6) is 0.981. The zero-order valence-corrected chi connectivity index (χ0v) is 26.1. The molecule has 4 N–H and O–H groups in total. The van der Waals surface area contributed by atoms with Crippen LogP contribution in [0, 0.1) is 11.8 Å². The molecule has 5 unspecified atom stereocenters. The van der Waals surface area contributed by atoms with Crippen LogP contribution in [0.1, 0.15) is 57.2 Å². The van der Waals surface area contributed by atoms with E-state index >= 15 is 0 Å². The van der Waals surface area contributed by atoms with E-state index in [0.29, 0.717) is 32.5 Å². The van der Waals surface area contributed by atoms with E-state index in [-0.39, 0.29) is 35.2 Å². The summed E-state index contributed by atoms with van der Waals surface area (Å²) in [6, 6.07) is 11.2. The highest BCUT2D eigenvalue weighted by Gasteiger charge is 2.45. The molecule has 0 saturated carbocycles. The lowest BCUT2D eigenvalue weighted by Crippen LogP contribution is -2.58. The number of carbonyl (C=O) groups excluding carboxylic acids is 2. The van der Waals surface area contributed by atoms with Gasteiger partial charge in [0.2, 0.25) is 11.8 Å². The smallest absolute Gasteiger partial charge is 0.237 e. The molecule has 236 valence electrons. The van der Waals surface area contributed by atoms with Crippen LogP contribution in [0.25, 0.3) is 10.9 Å². The third kappa shape index (κ3) is 6.48. The molecule has 3 aliphatic heterocycles. The predicted molar refractivity (Wildman–Crippen MR) is 169 cm³/mol. The van der Waals surface area contributed by atoms with Gasteiger partial charge in [-0.1, -0.05) is 12.1 Å². The van der Waals surface area contributed by atoms with Crippen molar-refractivity contribution >= 4 is 22.7 Å². The number of methoxy groups -OCH3 is 1. The minimum atomic E-state index is -0.882. The highest BCUT2D eigenvalue weighted by atomic mass is 16.5. The molecule has 3 aliphatic rings. The standard InChI is InChI=1S/C34H46N6O4/c1-34(2)11-4-14-40(34)32(42)24-9-13-36-29(18-24)33(43)39-21-23(15-22-5-7-27(44-3)8-6-22)16-30(39)31(41)37-20-26-17-25-19-35-12-10-28(25)38-26/h5-8,10,12,17,19,23-24,29-30,33,36,38,43H,4,9,11,13-16,18,20-21H2,1-3H3,(H,37,41). The van der Waals surface area contributed by atoms with Crippen molar-refractivity contribution in [3.63, 3.8) is 0 Å². The fourth-order valence-electron chi connectivity index (χ4n) is 7.54. The number of amides is 2. The minimum Gasteiger partial charge on any atom is -0.497 e. The van der Waals surface area contributed by atoms with E-state index in [2.05, 4.69) is 46.6 Å². The van der Waals surface area contributed by atoms with Gasteiger partial charge in [0.1, 0.15) is 12.0 Å². The van der Waals surface area contributed by atoms with Crippen LogP contribution >= 0.6 is 0 Å². The first-order chi connectivity index (χ1) is 21.2. The van der Waals surface area contributed by atoms with Gasteiger partial charge in [0, 0.05) is 59.6 Å². The van der Waals surface area contributed by atoms with Gasteiger partial charge in [-0.25, -0.2) is 0 Å². The molecule has 6 rings (SSSR count). The zero-order valence-electron chi connectivity index (χ0n) is 26.1. The van der Waals surface area contributed by atoms with Gasteiger partial charge < -0.3 is 30.4 Å². The number of piperidine rings is 1. The number of rotatable bonds is 9. The second kappa shape index (κ2) is 12.9. The van der Waals surface area contributed by atoms with Crippen molar-refractivity contribution in [2.75, 3.05) is 26.7 Å². The maximum Gasteiger partial charge on any atom is 0.237 e. The Morgan fingerprint density at radius 1 is 1.20 bits per heavy atom. The van der Waals surface area contributed by atoms with Crippen LogP contribution in [0.2, 0.25) is 0 Å². The summed E-state index contributed by atoms with van der Waals surface area (Å²) in [6.45, 7) is 6.72. The second-order valence-electron chi connectivity index (χ2n) is 13.4. The van der Waals surface area contributed by atoms with E-state index in [9.17, 15) is 14.7 Å². The highest BCUT2D eigenvalue weighted by Crippen LogP contribution is 2.34. The molecule has 3 aromatic rings. The van der Waals surface area contributed by atoms with Crippen LogP contribution in [0.5, 0.6) is 5.75 Å². The van der Waals surface area contributed by atoms with E-state index in [1.54, 1.807) is 19.5 Å². The minimum absolute atomic E-state index is 0.0969. The Labute approximate surface area is 259 Å². The molecular weight excluding hydrogens is 556 g/mol. The van der Waals surface area contributed by atoms with Crippen LogP contribution in [-0.2, 0) is 22.6 Å². The fourth-order valence-corrected chi connectivity index (χ4v) is 7.54. The van der Waals surface area contributed by atoms with Crippen molar-refractivity contribution in [3.8, 4) is 5.75 Å². The zero-order chi connectivity index (χ0) is 30.8. The number of nitrogens with zero attached hydrogens (tertiary/aromatic N) is 3. The first-order valence-electron chi connectivity index (χ1n) is 16.0. The number of benzene rings is 1. The van der Waals surface area contributed by atoms with E-state index in [0.717, 1.165) is 54.6 Å². The summed E-state index contributed by atoms with van der Waals surface area (Å²) in [7, 11) is 1.66. The molecule has 0 aliphatic carbocycles. The summed E-state index contributed by atoms with van der Waals surface area (Å²) in [6.07, 6.45) is 7.48. The fraction of sp³-hybridized carbons (Fsp3) is 0.559. The van der Waals surface area contributed by atoms with Gasteiger partial charge in [-0.05, 0) is 94.7 Å². The lowest BCUT2D eigenvalue weighted by Gasteiger charge is -2.41. The molecule has 5 atom stereocenters. The SMILES string of the molecule is COc1ccc(CC2CC(C(=O)NCc3cc4cnccc4[nH]3)N(C(O)C3CC(C(=O)N4CCCC4(C)C)CCN3)C2)cc1. The van der Waals surface area contributed by atoms with Gasteiger partial charge in [0.25, 0.3) is 0 Å². The summed E-state index contributed by atoms with van der Waals surface area (Å²) in [4.78, 5) is 38.9. The predicted octanol–water partition coefficient (Wildman–Crippen LogP) is 3.21. The lowest BCUT2D eigenvalue weighted by molar-refractivity contribution is -0.142. The molecule has 5 heterocycles. The number of nitrogens with one attached hydrogen (secondary N) is 3. The number of likely N-dealkylation sites (tertiary alicyclic amines) is 2. The molecule has 2 aromatic heterocycles. The van der Waals surface area contributed by atoms with Crippen molar-refractivity contribution in [2.45, 2.75) is 82.8 Å². The number of aromatic amines is 1. The molecular formula is C34H46N6O4. The summed E-state index contributed by atoms with van der Waals surface area (Å²) < 4.78 is 5.32. The van der Waals surface area contributed by atoms with Crippen molar-refractivity contribution < 1.29 is 19.4 Å². The number of pyridine rings is 1. The van der Waals surface area contributed by atoms with Crippen molar-refractivity contribution in [1.29, 1.82) is 0 Å². The normalized spacial score (nSPS) is 26.1. The van der Waals surface area contributed by atoms with E-state index in [1.165, 1.54) is 5.56 Å². The third-order valence-electron chi connectivity index (χ3n) is 10.00. The van der Waals surface area contributed by atoms with E-state index in [1.807, 2.05) is 34.1 Å². The average Bonchev–Trinajstić information content (AvgIpc) is 3.75. The first kappa shape index (κ1) is 30.6. The maximum absolute atomic E-state index is 13.7. The Kier molecular flexibility index (Phi) is 8.94. The largest absolute Gasteiger partial charge is 0.497 e. The molecule has 0 radical (unpaired) electrons. The number of aliphatic hydroxyl groups excluding tert-OH is 1. The molecule has 10 nitrogen and oxygen atoms in total. The summed E-state index contributed by atoms with van der Waals surface area (Å²) >= 11 is 0. The van der Waals surface area contributed by atoms with Crippen LogP contribution in [0.4, 0.5) is 0 Å². The molecule has 3 fully saturated rings. The number of H-pyrrole nitrogens is 1. The van der Waals surface area contributed by atoms with Gasteiger partial charge in [-0.15, -0.1) is 0 Å². The monoisotopic (exact) mass is 602 g/mol. The molecule has 1 aromatic carbocycles. The average molecular weight is 603 g/mol. The Morgan fingerprint density at radius 2 is 2.02 bits per heavy atom. The van der Waals surface area contributed by atoms with Gasteiger partial charge in [0.15, 0.2) is 0 Å². The molecule has 10 heteroatoms. The Hall–Kier alpha value is -3.47. The molecule has 0 spiro atoms. The van der Waals surface area contributed by atoms with Crippen LogP contribution in [0.3, 0.4) is 0 Å². The Bertz CT molecular complexity index is 1420. The highest BCUT2D eigenvalue weighted by molar-refractivity contribution is 5.83. The van der Waals surface area contributed by atoms with Crippen LogP contribution in [-0.4, -0.2) is 87.3 Å². The van der Waals surface area contributed by atoms with Crippen LogP contribution < -0.4 is 15.4 Å². The number of aliphatic hydroxyl groups is 1. The summed E-state index contributed by atoms with van der Waals surface area (Å²) in [5, 5.41) is 19.4. The quantitative estimate of drug-likeness (QED) is 0.297.